The monoisotopic (exact) mass is 285 g/mol. The number of aliphatic hydroxyl groups excluding tert-OH is 1. The van der Waals surface area contributed by atoms with E-state index in [1.807, 2.05) is 0 Å². The summed E-state index contributed by atoms with van der Waals surface area (Å²) < 4.78 is 13.8. The van der Waals surface area contributed by atoms with E-state index in [2.05, 4.69) is 27.4 Å². The van der Waals surface area contributed by atoms with Crippen LogP contribution in [0.4, 0.5) is 10.2 Å². The van der Waals surface area contributed by atoms with Crippen molar-refractivity contribution in [2.24, 2.45) is 0 Å². The van der Waals surface area contributed by atoms with Gasteiger partial charge >= 0.3 is 0 Å². The van der Waals surface area contributed by atoms with Crippen LogP contribution in [-0.4, -0.2) is 27.8 Å². The first-order valence-electron chi connectivity index (χ1n) is 6.19. The number of hydrogen-bond donors (Lipinski definition) is 2. The smallest absolute Gasteiger partial charge is 0.256 e. The van der Waals surface area contributed by atoms with Crippen molar-refractivity contribution in [2.75, 3.05) is 11.9 Å². The maximum Gasteiger partial charge on any atom is 0.256 e. The van der Waals surface area contributed by atoms with Gasteiger partial charge in [0.2, 0.25) is 0 Å². The normalized spacial score (nSPS) is 9.62. The van der Waals surface area contributed by atoms with Gasteiger partial charge in [-0.25, -0.2) is 4.39 Å². The summed E-state index contributed by atoms with van der Waals surface area (Å²) in [4.78, 5) is 11.9. The number of carbonyl (C=O) groups excluding carboxylic acids is 1. The Morgan fingerprint density at radius 2 is 2.24 bits per heavy atom. The summed E-state index contributed by atoms with van der Waals surface area (Å²) in [7, 11) is 0. The lowest BCUT2D eigenvalue weighted by Gasteiger charge is -2.04. The third kappa shape index (κ3) is 4.09. The van der Waals surface area contributed by atoms with Gasteiger partial charge in [-0.15, -0.1) is 5.10 Å². The molecule has 0 aliphatic heterocycles. The molecular formula is C15H12FN3O2. The van der Waals surface area contributed by atoms with Gasteiger partial charge in [0.1, 0.15) is 5.82 Å². The minimum atomic E-state index is -0.591. The van der Waals surface area contributed by atoms with Crippen LogP contribution < -0.4 is 5.32 Å². The van der Waals surface area contributed by atoms with Crippen molar-refractivity contribution in [3.05, 3.63) is 53.5 Å². The number of hydrogen-bond acceptors (Lipinski definition) is 4. The van der Waals surface area contributed by atoms with E-state index in [0.29, 0.717) is 0 Å². The average Bonchev–Trinajstić information content (AvgIpc) is 2.50. The molecule has 0 aliphatic rings. The molecule has 5 nitrogen and oxygen atoms in total. The molecule has 0 spiro atoms. The van der Waals surface area contributed by atoms with Gasteiger partial charge in [-0.05, 0) is 30.3 Å². The Balaban J connectivity index is 2.13. The van der Waals surface area contributed by atoms with E-state index >= 15 is 0 Å². The molecule has 2 N–H and O–H groups in total. The summed E-state index contributed by atoms with van der Waals surface area (Å²) in [5, 5.41) is 18.5. The third-order valence-electron chi connectivity index (χ3n) is 2.51. The molecule has 21 heavy (non-hydrogen) atoms. The third-order valence-corrected chi connectivity index (χ3v) is 2.51. The van der Waals surface area contributed by atoms with E-state index in [0.717, 1.165) is 6.07 Å². The van der Waals surface area contributed by atoms with Crippen LogP contribution >= 0.6 is 0 Å². The maximum absolute atomic E-state index is 13.8. The maximum atomic E-state index is 13.8. The number of nitrogens with one attached hydrogen (secondary N) is 1. The Hall–Kier alpha value is -2.78. The van der Waals surface area contributed by atoms with E-state index in [4.69, 9.17) is 5.11 Å². The SMILES string of the molecule is O=C(Nc1cccnn1)c1ccc(C#CCCO)c(F)c1. The Labute approximate surface area is 120 Å². The quantitative estimate of drug-likeness (QED) is 0.840. The van der Waals surface area contributed by atoms with Gasteiger partial charge in [0.25, 0.3) is 5.91 Å². The first-order valence-corrected chi connectivity index (χ1v) is 6.19. The van der Waals surface area contributed by atoms with Crippen molar-refractivity contribution in [2.45, 2.75) is 6.42 Å². The highest BCUT2D eigenvalue weighted by Crippen LogP contribution is 2.11. The van der Waals surface area contributed by atoms with Crippen molar-refractivity contribution in [1.29, 1.82) is 0 Å². The molecule has 2 rings (SSSR count). The molecule has 0 fully saturated rings. The van der Waals surface area contributed by atoms with Crippen molar-refractivity contribution >= 4 is 11.7 Å². The predicted octanol–water partition coefficient (Wildman–Crippen LogP) is 1.60. The Morgan fingerprint density at radius 1 is 1.38 bits per heavy atom. The zero-order chi connectivity index (χ0) is 15.1. The van der Waals surface area contributed by atoms with Gasteiger partial charge in [-0.1, -0.05) is 11.8 Å². The van der Waals surface area contributed by atoms with Crippen LogP contribution in [0, 0.1) is 17.7 Å². The van der Waals surface area contributed by atoms with Crippen molar-refractivity contribution < 1.29 is 14.3 Å². The standard InChI is InChI=1S/C15H12FN3O2/c16-13-10-12(7-6-11(13)4-1-2-9-20)15(21)18-14-5-3-8-17-19-14/h3,5-8,10,20H,2,9H2,(H,18,19,21). The van der Waals surface area contributed by atoms with Crippen molar-refractivity contribution in [3.8, 4) is 11.8 Å². The number of benzene rings is 1. The van der Waals surface area contributed by atoms with Crippen LogP contribution in [-0.2, 0) is 0 Å². The molecule has 0 saturated carbocycles. The van der Waals surface area contributed by atoms with Crippen LogP contribution in [0.5, 0.6) is 0 Å². The van der Waals surface area contributed by atoms with Crippen LogP contribution in [0.1, 0.15) is 22.3 Å². The second kappa shape index (κ2) is 7.12. The number of halogens is 1. The number of anilines is 1. The molecule has 1 amide bonds. The fraction of sp³-hybridized carbons (Fsp3) is 0.133. The largest absolute Gasteiger partial charge is 0.395 e. The van der Waals surface area contributed by atoms with E-state index < -0.39 is 11.7 Å². The van der Waals surface area contributed by atoms with Crippen LogP contribution in [0.3, 0.4) is 0 Å². The zero-order valence-corrected chi connectivity index (χ0v) is 11.0. The van der Waals surface area contributed by atoms with Gasteiger partial charge < -0.3 is 10.4 Å². The van der Waals surface area contributed by atoms with E-state index in [1.54, 1.807) is 12.1 Å². The summed E-state index contributed by atoms with van der Waals surface area (Å²) in [5.41, 5.74) is 0.338. The molecule has 0 radical (unpaired) electrons. The number of rotatable bonds is 3. The molecule has 1 heterocycles. The molecule has 6 heteroatoms. The average molecular weight is 285 g/mol. The van der Waals surface area contributed by atoms with Gasteiger partial charge in [-0.2, -0.15) is 5.10 Å². The molecular weight excluding hydrogens is 273 g/mol. The van der Waals surface area contributed by atoms with Gasteiger partial charge in [-0.3, -0.25) is 4.79 Å². The van der Waals surface area contributed by atoms with E-state index in [1.165, 1.54) is 18.3 Å². The molecule has 2 aromatic rings. The lowest BCUT2D eigenvalue weighted by Crippen LogP contribution is -2.13. The Kier molecular flexibility index (Phi) is 4.96. The summed E-state index contributed by atoms with van der Waals surface area (Å²) >= 11 is 0. The zero-order valence-electron chi connectivity index (χ0n) is 11.0. The first-order chi connectivity index (χ1) is 10.2. The van der Waals surface area contributed by atoms with Crippen LogP contribution in [0.15, 0.2) is 36.5 Å². The lowest BCUT2D eigenvalue weighted by atomic mass is 10.1. The topological polar surface area (TPSA) is 75.1 Å². The Bertz CT molecular complexity index is 693. The second-order valence-electron chi connectivity index (χ2n) is 4.03. The molecule has 106 valence electrons. The fourth-order valence-electron chi connectivity index (χ4n) is 1.53. The Morgan fingerprint density at radius 3 is 2.90 bits per heavy atom. The number of aromatic nitrogens is 2. The number of nitrogens with zero attached hydrogens (tertiary/aromatic N) is 2. The summed E-state index contributed by atoms with van der Waals surface area (Å²) in [6, 6.07) is 7.21. The second-order valence-corrected chi connectivity index (χ2v) is 4.03. The first kappa shape index (κ1) is 14.6. The molecule has 1 aromatic heterocycles. The van der Waals surface area contributed by atoms with E-state index in [9.17, 15) is 9.18 Å². The molecule has 0 unspecified atom stereocenters. The summed E-state index contributed by atoms with van der Waals surface area (Å²) in [6.45, 7) is -0.0762. The number of carbonyl (C=O) groups is 1. The van der Waals surface area contributed by atoms with Crippen LogP contribution in [0.2, 0.25) is 0 Å². The molecule has 0 saturated heterocycles. The molecule has 0 bridgehead atoms. The number of aliphatic hydroxyl groups is 1. The minimum absolute atomic E-state index is 0.0762. The minimum Gasteiger partial charge on any atom is -0.395 e. The highest BCUT2D eigenvalue weighted by atomic mass is 19.1. The molecule has 0 aliphatic carbocycles. The van der Waals surface area contributed by atoms with Crippen molar-refractivity contribution in [3.63, 3.8) is 0 Å². The van der Waals surface area contributed by atoms with Gasteiger partial charge in [0.15, 0.2) is 5.82 Å². The van der Waals surface area contributed by atoms with Gasteiger partial charge in [0.05, 0.1) is 12.2 Å². The summed E-state index contributed by atoms with van der Waals surface area (Å²) in [5.74, 6) is 4.43. The molecule has 0 atom stereocenters. The molecule has 1 aromatic carbocycles. The fourth-order valence-corrected chi connectivity index (χ4v) is 1.53. The van der Waals surface area contributed by atoms with Crippen LogP contribution in [0.25, 0.3) is 0 Å². The van der Waals surface area contributed by atoms with Gasteiger partial charge in [0, 0.05) is 18.2 Å². The highest BCUT2D eigenvalue weighted by Gasteiger charge is 2.09. The predicted molar refractivity (Wildman–Crippen MR) is 75.0 cm³/mol. The van der Waals surface area contributed by atoms with Crippen molar-refractivity contribution in [1.82, 2.24) is 10.2 Å². The summed E-state index contributed by atoms with van der Waals surface area (Å²) in [6.07, 6.45) is 1.75. The van der Waals surface area contributed by atoms with E-state index in [-0.39, 0.29) is 30.0 Å². The highest BCUT2D eigenvalue weighted by molar-refractivity contribution is 6.03. The number of amides is 1. The lowest BCUT2D eigenvalue weighted by molar-refractivity contribution is 0.102.